The van der Waals surface area contributed by atoms with Crippen LogP contribution in [0.1, 0.15) is 46.0 Å². The number of hydrogen-bond donors (Lipinski definition) is 0. The van der Waals surface area contributed by atoms with Gasteiger partial charge in [0.2, 0.25) is 0 Å². The molecular formula is C16H24O5. The highest BCUT2D eigenvalue weighted by Crippen LogP contribution is 2.35. The van der Waals surface area contributed by atoms with Crippen molar-refractivity contribution in [3.05, 3.63) is 12.2 Å². The van der Waals surface area contributed by atoms with Crippen LogP contribution < -0.4 is 0 Å². The van der Waals surface area contributed by atoms with E-state index in [1.54, 1.807) is 0 Å². The van der Waals surface area contributed by atoms with Gasteiger partial charge in [-0.3, -0.25) is 4.79 Å². The molecule has 0 aromatic heterocycles. The van der Waals surface area contributed by atoms with Crippen molar-refractivity contribution in [2.24, 2.45) is 0 Å². The van der Waals surface area contributed by atoms with E-state index in [1.165, 1.54) is 0 Å². The molecule has 0 radical (unpaired) electrons. The van der Waals surface area contributed by atoms with Gasteiger partial charge >= 0.3 is 5.97 Å². The minimum atomic E-state index is -0.522. The summed E-state index contributed by atoms with van der Waals surface area (Å²) < 4.78 is 22.8. The molecule has 0 aliphatic carbocycles. The highest BCUT2D eigenvalue weighted by Gasteiger charge is 2.42. The molecule has 0 bridgehead atoms. The lowest BCUT2D eigenvalue weighted by Gasteiger charge is -2.21. The molecule has 3 fully saturated rings. The predicted molar refractivity (Wildman–Crippen MR) is 75.7 cm³/mol. The Kier molecular flexibility index (Phi) is 4.08. The van der Waals surface area contributed by atoms with Crippen LogP contribution >= 0.6 is 0 Å². The highest BCUT2D eigenvalue weighted by atomic mass is 16.7. The molecule has 0 amide bonds. The minimum Gasteiger partial charge on any atom is -0.462 e. The number of carbonyl (C=O) groups is 1. The zero-order valence-electron chi connectivity index (χ0n) is 12.8. The first-order chi connectivity index (χ1) is 9.93. The second kappa shape index (κ2) is 5.71. The van der Waals surface area contributed by atoms with Gasteiger partial charge < -0.3 is 18.9 Å². The van der Waals surface area contributed by atoms with E-state index in [0.717, 1.165) is 31.3 Å². The number of cyclic esters (lactones) is 1. The molecule has 0 spiro atoms. The Morgan fingerprint density at radius 3 is 2.71 bits per heavy atom. The minimum absolute atomic E-state index is 0.0222. The third-order valence-electron chi connectivity index (χ3n) is 4.42. The smallest absolute Gasteiger partial charge is 0.306 e. The van der Waals surface area contributed by atoms with E-state index in [-0.39, 0.29) is 30.4 Å². The van der Waals surface area contributed by atoms with Crippen LogP contribution in [-0.4, -0.2) is 42.8 Å². The summed E-state index contributed by atoms with van der Waals surface area (Å²) in [4.78, 5) is 11.1. The summed E-state index contributed by atoms with van der Waals surface area (Å²) in [5.41, 5.74) is 1.11. The number of esters is 1. The van der Waals surface area contributed by atoms with Gasteiger partial charge in [0.1, 0.15) is 12.2 Å². The molecule has 4 atom stereocenters. The summed E-state index contributed by atoms with van der Waals surface area (Å²) in [5.74, 6) is -0.603. The van der Waals surface area contributed by atoms with Crippen LogP contribution in [-0.2, 0) is 23.7 Å². The quantitative estimate of drug-likeness (QED) is 0.589. The first-order valence-corrected chi connectivity index (χ1v) is 7.77. The fraction of sp³-hybridized carbons (Fsp3) is 0.812. The van der Waals surface area contributed by atoms with Gasteiger partial charge in [0, 0.05) is 6.42 Å². The molecule has 0 saturated carbocycles. The van der Waals surface area contributed by atoms with Crippen molar-refractivity contribution in [1.82, 2.24) is 0 Å². The molecule has 3 saturated heterocycles. The molecule has 3 aliphatic rings. The van der Waals surface area contributed by atoms with E-state index in [9.17, 15) is 4.79 Å². The van der Waals surface area contributed by atoms with Gasteiger partial charge in [0.25, 0.3) is 0 Å². The van der Waals surface area contributed by atoms with Crippen molar-refractivity contribution in [1.29, 1.82) is 0 Å². The molecule has 21 heavy (non-hydrogen) atoms. The van der Waals surface area contributed by atoms with E-state index < -0.39 is 5.79 Å². The van der Waals surface area contributed by atoms with Gasteiger partial charge in [-0.15, -0.1) is 0 Å². The molecule has 0 aromatic carbocycles. The van der Waals surface area contributed by atoms with E-state index in [4.69, 9.17) is 18.9 Å². The average molecular weight is 296 g/mol. The van der Waals surface area contributed by atoms with Gasteiger partial charge in [-0.1, -0.05) is 6.58 Å². The van der Waals surface area contributed by atoms with Crippen LogP contribution in [0.4, 0.5) is 0 Å². The van der Waals surface area contributed by atoms with Crippen molar-refractivity contribution < 1.29 is 23.7 Å². The molecule has 3 heterocycles. The summed E-state index contributed by atoms with van der Waals surface area (Å²) in [6, 6.07) is 0. The maximum Gasteiger partial charge on any atom is 0.306 e. The molecule has 5 nitrogen and oxygen atoms in total. The summed E-state index contributed by atoms with van der Waals surface area (Å²) in [6.45, 7) is 8.53. The second-order valence-corrected chi connectivity index (χ2v) is 6.62. The summed E-state index contributed by atoms with van der Waals surface area (Å²) in [7, 11) is 0. The van der Waals surface area contributed by atoms with E-state index in [1.807, 2.05) is 13.8 Å². The Hall–Kier alpha value is -0.910. The van der Waals surface area contributed by atoms with Crippen molar-refractivity contribution in [2.45, 2.75) is 76.2 Å². The maximum absolute atomic E-state index is 11.1. The van der Waals surface area contributed by atoms with Crippen molar-refractivity contribution in [2.75, 3.05) is 6.61 Å². The summed E-state index contributed by atoms with van der Waals surface area (Å²) in [5, 5.41) is 0. The van der Waals surface area contributed by atoms with Crippen LogP contribution in [0.3, 0.4) is 0 Å². The Balaban J connectivity index is 1.47. The van der Waals surface area contributed by atoms with E-state index in [2.05, 4.69) is 6.58 Å². The van der Waals surface area contributed by atoms with Crippen LogP contribution in [0.25, 0.3) is 0 Å². The Bertz CT molecular complexity index is 430. The van der Waals surface area contributed by atoms with Crippen molar-refractivity contribution >= 4 is 5.97 Å². The Morgan fingerprint density at radius 2 is 2.10 bits per heavy atom. The van der Waals surface area contributed by atoms with Crippen molar-refractivity contribution in [3.63, 3.8) is 0 Å². The van der Waals surface area contributed by atoms with Crippen LogP contribution in [0.15, 0.2) is 12.2 Å². The number of carbonyl (C=O) groups excluding carboxylic acids is 1. The van der Waals surface area contributed by atoms with Crippen LogP contribution in [0.5, 0.6) is 0 Å². The van der Waals surface area contributed by atoms with Gasteiger partial charge in [-0.25, -0.2) is 0 Å². The molecule has 3 rings (SSSR count). The third-order valence-corrected chi connectivity index (χ3v) is 4.42. The van der Waals surface area contributed by atoms with Crippen molar-refractivity contribution in [3.8, 4) is 0 Å². The summed E-state index contributed by atoms with van der Waals surface area (Å²) in [6.07, 6.45) is 3.98. The lowest BCUT2D eigenvalue weighted by atomic mass is 10.0. The van der Waals surface area contributed by atoms with Crippen LogP contribution in [0, 0.1) is 0 Å². The highest BCUT2D eigenvalue weighted by molar-refractivity contribution is 5.71. The molecule has 118 valence electrons. The average Bonchev–Trinajstić information content (AvgIpc) is 3.07. The predicted octanol–water partition coefficient (Wildman–Crippen LogP) is 2.34. The second-order valence-electron chi connectivity index (χ2n) is 6.62. The number of ether oxygens (including phenoxy) is 4. The van der Waals surface area contributed by atoms with Gasteiger partial charge in [-0.05, 0) is 45.1 Å². The monoisotopic (exact) mass is 296 g/mol. The fourth-order valence-electron chi connectivity index (χ4n) is 3.26. The summed E-state index contributed by atoms with van der Waals surface area (Å²) >= 11 is 0. The molecule has 5 heteroatoms. The number of hydrogen-bond acceptors (Lipinski definition) is 5. The molecule has 0 aromatic rings. The van der Waals surface area contributed by atoms with E-state index in [0.29, 0.717) is 13.0 Å². The van der Waals surface area contributed by atoms with E-state index >= 15 is 0 Å². The third kappa shape index (κ3) is 3.47. The lowest BCUT2D eigenvalue weighted by Crippen LogP contribution is -2.31. The normalized spacial score (nSPS) is 39.0. The zero-order valence-corrected chi connectivity index (χ0v) is 12.8. The SMILES string of the molecule is C=C1C[C@H]([C@H]2COC(C)(C)O2)OC1CC[C@@H]1CCC(=O)O1. The standard InChI is InChI=1S/C16H24O5/c1-10-8-13(14-9-18-16(2,3)21-14)20-12(10)6-4-11-5-7-15(17)19-11/h11-14H,1,4-9H2,2-3H3/t11-,12?,13-,14-/m1/s1. The van der Waals surface area contributed by atoms with Crippen LogP contribution in [0.2, 0.25) is 0 Å². The molecular weight excluding hydrogens is 272 g/mol. The lowest BCUT2D eigenvalue weighted by molar-refractivity contribution is -0.155. The van der Waals surface area contributed by atoms with Gasteiger partial charge in [0.15, 0.2) is 5.79 Å². The Morgan fingerprint density at radius 1 is 1.29 bits per heavy atom. The van der Waals surface area contributed by atoms with Gasteiger partial charge in [-0.2, -0.15) is 0 Å². The largest absolute Gasteiger partial charge is 0.462 e. The first-order valence-electron chi connectivity index (χ1n) is 7.77. The fourth-order valence-corrected chi connectivity index (χ4v) is 3.26. The topological polar surface area (TPSA) is 54.0 Å². The maximum atomic E-state index is 11.1. The number of rotatable bonds is 4. The molecule has 1 unspecified atom stereocenters. The van der Waals surface area contributed by atoms with Gasteiger partial charge in [0.05, 0.1) is 18.8 Å². The molecule has 0 N–H and O–H groups in total. The first kappa shape index (κ1) is 15.0. The zero-order chi connectivity index (χ0) is 15.0. The molecule has 3 aliphatic heterocycles. The Labute approximate surface area is 125 Å².